The van der Waals surface area contributed by atoms with E-state index >= 15 is 4.39 Å². The Morgan fingerprint density at radius 2 is 2.00 bits per heavy atom. The topological polar surface area (TPSA) is 65.1 Å². The first kappa shape index (κ1) is 24.6. The largest absolute Gasteiger partial charge is 0.367 e. The van der Waals surface area contributed by atoms with Crippen molar-refractivity contribution in [1.29, 1.82) is 0 Å². The molecule has 3 aliphatic heterocycles. The fourth-order valence-electron chi connectivity index (χ4n) is 5.58. The molecule has 3 aromatic rings. The number of piperazine rings is 1. The molecule has 1 saturated carbocycles. The van der Waals surface area contributed by atoms with Crippen molar-refractivity contribution < 1.29 is 4.39 Å². The Bertz CT molecular complexity index is 1680. The van der Waals surface area contributed by atoms with E-state index in [-0.39, 0.29) is 11.9 Å². The molecule has 0 radical (unpaired) electrons. The van der Waals surface area contributed by atoms with Crippen LogP contribution in [-0.4, -0.2) is 47.2 Å². The molecular formula is C33H31FN6. The minimum absolute atomic E-state index is 0.235. The first-order valence-corrected chi connectivity index (χ1v) is 14.0. The van der Waals surface area contributed by atoms with Crippen molar-refractivity contribution in [2.75, 3.05) is 26.3 Å². The van der Waals surface area contributed by atoms with E-state index in [9.17, 15) is 0 Å². The zero-order valence-electron chi connectivity index (χ0n) is 22.5. The van der Waals surface area contributed by atoms with Gasteiger partial charge in [0.2, 0.25) is 0 Å². The molecule has 40 heavy (non-hydrogen) atoms. The molecule has 200 valence electrons. The van der Waals surface area contributed by atoms with Gasteiger partial charge in [0, 0.05) is 37.0 Å². The summed E-state index contributed by atoms with van der Waals surface area (Å²) in [6.07, 6.45) is 12.1. The Labute approximate surface area is 233 Å². The van der Waals surface area contributed by atoms with Crippen molar-refractivity contribution >= 4 is 28.0 Å². The molecule has 6 nitrogen and oxygen atoms in total. The highest BCUT2D eigenvalue weighted by Gasteiger charge is 2.28. The summed E-state index contributed by atoms with van der Waals surface area (Å²) < 4.78 is 15.4. The third-order valence-electron chi connectivity index (χ3n) is 7.87. The summed E-state index contributed by atoms with van der Waals surface area (Å²) in [7, 11) is 0. The van der Waals surface area contributed by atoms with Crippen molar-refractivity contribution in [2.24, 2.45) is 0 Å². The summed E-state index contributed by atoms with van der Waals surface area (Å²) in [5.41, 5.74) is 8.75. The molecule has 1 aliphatic carbocycles. The third kappa shape index (κ3) is 4.65. The summed E-state index contributed by atoms with van der Waals surface area (Å²) in [5.74, 6) is 6.86. The molecular weight excluding hydrogens is 499 g/mol. The second-order valence-electron chi connectivity index (χ2n) is 10.6. The van der Waals surface area contributed by atoms with Gasteiger partial charge >= 0.3 is 0 Å². The first-order chi connectivity index (χ1) is 19.7. The highest BCUT2D eigenvalue weighted by molar-refractivity contribution is 5.99. The van der Waals surface area contributed by atoms with E-state index in [2.05, 4.69) is 38.8 Å². The molecule has 0 spiro atoms. The van der Waals surface area contributed by atoms with Gasteiger partial charge in [0.15, 0.2) is 0 Å². The van der Waals surface area contributed by atoms with Crippen LogP contribution >= 0.6 is 0 Å². The zero-order valence-corrected chi connectivity index (χ0v) is 22.5. The zero-order chi connectivity index (χ0) is 27.1. The number of nitrogens with one attached hydrogen (secondary N) is 3. The number of fused-ring (bicyclic) bond motifs is 2. The number of halogens is 1. The van der Waals surface area contributed by atoms with Gasteiger partial charge in [-0.25, -0.2) is 9.37 Å². The molecule has 0 bridgehead atoms. The van der Waals surface area contributed by atoms with Gasteiger partial charge in [-0.3, -0.25) is 4.98 Å². The fourth-order valence-corrected chi connectivity index (χ4v) is 5.58. The van der Waals surface area contributed by atoms with E-state index in [0.29, 0.717) is 28.4 Å². The minimum Gasteiger partial charge on any atom is -0.367 e. The van der Waals surface area contributed by atoms with E-state index in [1.807, 2.05) is 61.7 Å². The first-order valence-electron chi connectivity index (χ1n) is 14.0. The van der Waals surface area contributed by atoms with Crippen LogP contribution in [0.2, 0.25) is 0 Å². The van der Waals surface area contributed by atoms with Crippen molar-refractivity contribution in [1.82, 2.24) is 30.8 Å². The van der Waals surface area contributed by atoms with Crippen LogP contribution in [-0.2, 0) is 0 Å². The van der Waals surface area contributed by atoms with Gasteiger partial charge < -0.3 is 20.9 Å². The standard InChI is InChI=1S/C33H31FN6/c1-2-3-4-5-24-9-10-25(33(38-24)26-16-22(21-6-7-21)8-11-27(26)34)28-12-13-29-30(39-28)17-23(18-36-29)32-31-19-35-14-15-40(31)20-37-32/h2-5,8,11-13,16-18,21,24,35,37-38H,6-7,14-15,19-20H2,1H3/b3-2-,5-4-. The van der Waals surface area contributed by atoms with Crippen LogP contribution in [0.3, 0.4) is 0 Å². The van der Waals surface area contributed by atoms with E-state index < -0.39 is 0 Å². The van der Waals surface area contributed by atoms with Crippen LogP contribution in [0.4, 0.5) is 4.39 Å². The second kappa shape index (κ2) is 10.3. The van der Waals surface area contributed by atoms with E-state index in [1.54, 1.807) is 6.07 Å². The molecule has 3 N–H and O–H groups in total. The summed E-state index contributed by atoms with van der Waals surface area (Å²) >= 11 is 0. The predicted octanol–water partition coefficient (Wildman–Crippen LogP) is 4.76. The molecule has 1 aromatic carbocycles. The summed E-state index contributed by atoms with van der Waals surface area (Å²) in [6.45, 7) is 5.59. The van der Waals surface area contributed by atoms with Crippen LogP contribution in [0, 0.1) is 17.7 Å². The monoisotopic (exact) mass is 530 g/mol. The molecule has 2 fully saturated rings. The van der Waals surface area contributed by atoms with Gasteiger partial charge in [0.1, 0.15) is 11.9 Å². The average molecular weight is 531 g/mol. The molecule has 5 heterocycles. The highest BCUT2D eigenvalue weighted by Crippen LogP contribution is 2.41. The quantitative estimate of drug-likeness (QED) is 0.316. The number of benzene rings is 1. The molecule has 1 unspecified atom stereocenters. The van der Waals surface area contributed by atoms with Crippen LogP contribution in [0.1, 0.15) is 48.1 Å². The van der Waals surface area contributed by atoms with Crippen LogP contribution in [0.15, 0.2) is 72.6 Å². The van der Waals surface area contributed by atoms with E-state index in [4.69, 9.17) is 9.97 Å². The lowest BCUT2D eigenvalue weighted by atomic mass is 9.96. The number of aromatic nitrogens is 2. The second-order valence-corrected chi connectivity index (χ2v) is 10.6. The van der Waals surface area contributed by atoms with Crippen molar-refractivity contribution in [3.8, 4) is 11.8 Å². The minimum atomic E-state index is -0.264. The number of allylic oxidation sites excluding steroid dienone is 4. The Hall–Kier alpha value is -4.41. The van der Waals surface area contributed by atoms with Crippen molar-refractivity contribution in [3.63, 3.8) is 0 Å². The van der Waals surface area contributed by atoms with Crippen LogP contribution in [0.5, 0.6) is 0 Å². The lowest BCUT2D eigenvalue weighted by Gasteiger charge is -2.26. The third-order valence-corrected chi connectivity index (χ3v) is 7.87. The normalized spacial score (nSPS) is 20.6. The number of pyridine rings is 2. The SMILES string of the molecule is C/C=C\C=C/C1C#CC(c2ccc3ncc(C4=C5CNCCN5CN4)cc3n2)=C(c2cc(C3CC3)ccc2F)N1. The fraction of sp³-hybridized carbons (Fsp3) is 0.273. The average Bonchev–Trinajstić information content (AvgIpc) is 3.75. The predicted molar refractivity (Wildman–Crippen MR) is 158 cm³/mol. The van der Waals surface area contributed by atoms with Gasteiger partial charge in [-0.1, -0.05) is 42.2 Å². The Morgan fingerprint density at radius 1 is 1.07 bits per heavy atom. The Morgan fingerprint density at radius 3 is 2.88 bits per heavy atom. The molecule has 2 aromatic heterocycles. The lowest BCUT2D eigenvalue weighted by molar-refractivity contribution is 0.320. The van der Waals surface area contributed by atoms with Crippen LogP contribution in [0.25, 0.3) is 28.0 Å². The van der Waals surface area contributed by atoms with Crippen molar-refractivity contribution in [3.05, 3.63) is 101 Å². The molecule has 0 amide bonds. The summed E-state index contributed by atoms with van der Waals surface area (Å²) in [4.78, 5) is 12.1. The molecule has 7 heteroatoms. The number of hydrogen-bond donors (Lipinski definition) is 3. The number of hydrogen-bond acceptors (Lipinski definition) is 6. The Balaban J connectivity index is 1.32. The lowest BCUT2D eigenvalue weighted by Crippen LogP contribution is -2.40. The maximum Gasteiger partial charge on any atom is 0.132 e. The molecule has 4 aliphatic rings. The maximum atomic E-state index is 15.4. The van der Waals surface area contributed by atoms with Gasteiger partial charge in [-0.05, 0) is 61.6 Å². The van der Waals surface area contributed by atoms with Gasteiger partial charge in [-0.15, -0.1) is 0 Å². The van der Waals surface area contributed by atoms with Gasteiger partial charge in [0.05, 0.1) is 46.1 Å². The Kier molecular flexibility index (Phi) is 6.33. The highest BCUT2D eigenvalue weighted by atomic mass is 19.1. The molecule has 1 saturated heterocycles. The molecule has 7 rings (SSSR count). The number of rotatable bonds is 6. The van der Waals surface area contributed by atoms with Gasteiger partial charge in [-0.2, -0.15) is 0 Å². The summed E-state index contributed by atoms with van der Waals surface area (Å²) in [6, 6.07) is 11.2. The van der Waals surface area contributed by atoms with Gasteiger partial charge in [0.25, 0.3) is 0 Å². The summed E-state index contributed by atoms with van der Waals surface area (Å²) in [5, 5.41) is 10.5. The number of nitrogens with zero attached hydrogens (tertiary/aromatic N) is 3. The maximum absolute atomic E-state index is 15.4. The van der Waals surface area contributed by atoms with Crippen molar-refractivity contribution in [2.45, 2.75) is 31.7 Å². The van der Waals surface area contributed by atoms with Crippen LogP contribution < -0.4 is 16.0 Å². The van der Waals surface area contributed by atoms with E-state index in [0.717, 1.165) is 61.4 Å². The molecule has 1 atom stereocenters. The van der Waals surface area contributed by atoms with E-state index in [1.165, 1.54) is 11.3 Å². The smallest absolute Gasteiger partial charge is 0.132 e.